The van der Waals surface area contributed by atoms with Gasteiger partial charge >= 0.3 is 6.11 Å². The van der Waals surface area contributed by atoms with Crippen LogP contribution >= 0.6 is 0 Å². The van der Waals surface area contributed by atoms with Crippen LogP contribution in [0.2, 0.25) is 0 Å². The molecule has 1 aromatic heterocycles. The Kier molecular flexibility index (Phi) is 5.23. The van der Waals surface area contributed by atoms with E-state index >= 15 is 0 Å². The maximum Gasteiger partial charge on any atom is 0.433 e. The van der Waals surface area contributed by atoms with E-state index in [9.17, 15) is 22.4 Å². The molecule has 0 saturated carbocycles. The van der Waals surface area contributed by atoms with E-state index in [0.717, 1.165) is 18.3 Å². The highest BCUT2D eigenvalue weighted by Gasteiger charge is 2.54. The summed E-state index contributed by atoms with van der Waals surface area (Å²) in [4.78, 5) is 20.6. The molecule has 3 aliphatic rings. The van der Waals surface area contributed by atoms with Gasteiger partial charge in [0.25, 0.3) is 11.9 Å². The second-order valence-corrected chi connectivity index (χ2v) is 7.94. The molecule has 2 aromatic rings. The molecular formula is C21H18F4N4O5. The lowest BCUT2D eigenvalue weighted by Gasteiger charge is -2.39. The number of fused-ring (bicyclic) bond motifs is 2. The van der Waals surface area contributed by atoms with E-state index in [2.05, 4.69) is 20.0 Å². The summed E-state index contributed by atoms with van der Waals surface area (Å²) in [6, 6.07) is 4.39. The highest BCUT2D eigenvalue weighted by atomic mass is 19.3. The number of hydrogen-bond acceptors (Lipinski definition) is 8. The smallest absolute Gasteiger partial charge is 0.433 e. The normalized spacial score (nSPS) is 26.8. The van der Waals surface area contributed by atoms with Gasteiger partial charge in [-0.15, -0.1) is 0 Å². The van der Waals surface area contributed by atoms with Gasteiger partial charge < -0.3 is 30.0 Å². The third-order valence-corrected chi connectivity index (χ3v) is 5.70. The molecule has 1 saturated heterocycles. The number of ether oxygens (including phenoxy) is 4. The van der Waals surface area contributed by atoms with Crippen LogP contribution in [0.3, 0.4) is 0 Å². The van der Waals surface area contributed by atoms with Crippen molar-refractivity contribution < 1.29 is 41.3 Å². The summed E-state index contributed by atoms with van der Waals surface area (Å²) in [6.45, 7) is -1.88. The molecule has 180 valence electrons. The number of hydrogen-bond donors (Lipinski definition) is 2. The molecule has 0 unspecified atom stereocenters. The van der Waals surface area contributed by atoms with Crippen molar-refractivity contribution in [3.05, 3.63) is 47.5 Å². The molecular weight excluding hydrogens is 464 g/mol. The number of amides is 1. The zero-order valence-corrected chi connectivity index (χ0v) is 17.4. The van der Waals surface area contributed by atoms with E-state index in [-0.39, 0.29) is 41.1 Å². The first-order valence-corrected chi connectivity index (χ1v) is 10.2. The van der Waals surface area contributed by atoms with Crippen LogP contribution in [0.4, 0.5) is 23.2 Å². The van der Waals surface area contributed by atoms with E-state index in [1.807, 2.05) is 0 Å². The van der Waals surface area contributed by atoms with Crippen molar-refractivity contribution in [2.45, 2.75) is 30.3 Å². The average Bonchev–Trinajstić information content (AvgIpc) is 3.27. The van der Waals surface area contributed by atoms with Gasteiger partial charge in [0.05, 0.1) is 12.8 Å². The Bertz CT molecular complexity index is 1180. The van der Waals surface area contributed by atoms with Crippen LogP contribution in [-0.4, -0.2) is 55.1 Å². The number of nitrogens with zero attached hydrogens (tertiary/aromatic N) is 2. The molecule has 3 aliphatic heterocycles. The lowest BCUT2D eigenvalue weighted by Crippen LogP contribution is -2.53. The fourth-order valence-corrected chi connectivity index (χ4v) is 4.19. The first-order chi connectivity index (χ1) is 16.2. The number of nitrogens with one attached hydrogen (secondary N) is 1. The topological polar surface area (TPSA) is 117 Å². The molecule has 0 bridgehead atoms. The fourth-order valence-electron chi connectivity index (χ4n) is 4.19. The highest BCUT2D eigenvalue weighted by molar-refractivity contribution is 6.03. The summed E-state index contributed by atoms with van der Waals surface area (Å²) in [7, 11) is 0. The van der Waals surface area contributed by atoms with E-state index in [0.29, 0.717) is 6.42 Å². The Morgan fingerprint density at radius 1 is 1.26 bits per heavy atom. The second-order valence-electron chi connectivity index (χ2n) is 7.94. The van der Waals surface area contributed by atoms with Crippen molar-refractivity contribution in [3.8, 4) is 11.5 Å². The summed E-state index contributed by atoms with van der Waals surface area (Å²) in [6.07, 6.45) is -3.65. The van der Waals surface area contributed by atoms with Crippen molar-refractivity contribution >= 4 is 17.6 Å². The number of aromatic nitrogens is 1. The SMILES string of the molecule is NC1=N[C@](CF)(c2cc(NC(=O)c3cc4c(cn3)OC(F)(F)CO4)ccc2F)[C@H]2OCC[C@H]2O1. The van der Waals surface area contributed by atoms with Crippen LogP contribution in [-0.2, 0) is 15.0 Å². The maximum atomic E-state index is 14.9. The zero-order chi connectivity index (χ0) is 24.1. The van der Waals surface area contributed by atoms with Gasteiger partial charge in [-0.25, -0.2) is 18.8 Å². The summed E-state index contributed by atoms with van der Waals surface area (Å²) < 4.78 is 76.3. The second kappa shape index (κ2) is 8.01. The third-order valence-electron chi connectivity index (χ3n) is 5.70. The molecule has 1 aromatic carbocycles. The zero-order valence-electron chi connectivity index (χ0n) is 17.4. The van der Waals surface area contributed by atoms with Crippen LogP contribution in [0.25, 0.3) is 0 Å². The minimum Gasteiger partial charge on any atom is -0.479 e. The number of carbonyl (C=O) groups excluding carboxylic acids is 1. The number of anilines is 1. The lowest BCUT2D eigenvalue weighted by molar-refractivity contribution is -0.209. The van der Waals surface area contributed by atoms with Crippen molar-refractivity contribution in [3.63, 3.8) is 0 Å². The van der Waals surface area contributed by atoms with Gasteiger partial charge in [0, 0.05) is 23.7 Å². The molecule has 5 rings (SSSR count). The number of carbonyl (C=O) groups is 1. The average molecular weight is 482 g/mol. The molecule has 1 amide bonds. The molecule has 34 heavy (non-hydrogen) atoms. The maximum absolute atomic E-state index is 14.9. The quantitative estimate of drug-likeness (QED) is 0.643. The van der Waals surface area contributed by atoms with E-state index in [1.165, 1.54) is 12.1 Å². The first kappa shape index (κ1) is 22.2. The third kappa shape index (κ3) is 3.75. The summed E-state index contributed by atoms with van der Waals surface area (Å²) >= 11 is 0. The Labute approximate surface area is 189 Å². The first-order valence-electron chi connectivity index (χ1n) is 10.2. The van der Waals surface area contributed by atoms with Crippen LogP contribution < -0.4 is 20.5 Å². The molecule has 0 spiro atoms. The van der Waals surface area contributed by atoms with E-state index in [4.69, 9.17) is 19.9 Å². The molecule has 0 radical (unpaired) electrons. The summed E-state index contributed by atoms with van der Waals surface area (Å²) in [5.41, 5.74) is 3.69. The van der Waals surface area contributed by atoms with Crippen LogP contribution in [0.15, 0.2) is 35.5 Å². The van der Waals surface area contributed by atoms with E-state index in [1.54, 1.807) is 0 Å². The predicted molar refractivity (Wildman–Crippen MR) is 108 cm³/mol. The van der Waals surface area contributed by atoms with Gasteiger partial charge in [-0.3, -0.25) is 4.79 Å². The molecule has 1 fully saturated rings. The van der Waals surface area contributed by atoms with Crippen molar-refractivity contribution in [2.75, 3.05) is 25.2 Å². The number of aliphatic imine (C=N–C) groups is 1. The Balaban J connectivity index is 1.43. The Morgan fingerprint density at radius 3 is 2.88 bits per heavy atom. The molecule has 13 heteroatoms. The molecule has 0 aliphatic carbocycles. The summed E-state index contributed by atoms with van der Waals surface area (Å²) in [5, 5.41) is 2.51. The van der Waals surface area contributed by atoms with Gasteiger partial charge in [-0.2, -0.15) is 8.78 Å². The van der Waals surface area contributed by atoms with Gasteiger partial charge in [0.1, 0.15) is 30.4 Å². The van der Waals surface area contributed by atoms with Crippen molar-refractivity contribution in [1.82, 2.24) is 4.98 Å². The molecule has 3 N–H and O–H groups in total. The monoisotopic (exact) mass is 482 g/mol. The van der Waals surface area contributed by atoms with Gasteiger partial charge in [0.2, 0.25) is 0 Å². The van der Waals surface area contributed by atoms with Crippen molar-refractivity contribution in [1.29, 1.82) is 0 Å². The lowest BCUT2D eigenvalue weighted by atomic mass is 9.82. The number of alkyl halides is 3. The van der Waals surface area contributed by atoms with Gasteiger partial charge in [-0.05, 0) is 18.2 Å². The predicted octanol–water partition coefficient (Wildman–Crippen LogP) is 2.50. The largest absolute Gasteiger partial charge is 0.479 e. The number of rotatable bonds is 4. The number of amidine groups is 1. The highest BCUT2D eigenvalue weighted by Crippen LogP contribution is 2.43. The van der Waals surface area contributed by atoms with Crippen LogP contribution in [0, 0.1) is 5.82 Å². The van der Waals surface area contributed by atoms with Crippen LogP contribution in [0.1, 0.15) is 22.5 Å². The molecule has 3 atom stereocenters. The molecule has 4 heterocycles. The minimum absolute atomic E-state index is 0.0845. The Morgan fingerprint density at radius 2 is 2.09 bits per heavy atom. The van der Waals surface area contributed by atoms with E-state index < -0.39 is 48.9 Å². The summed E-state index contributed by atoms with van der Waals surface area (Å²) in [5.74, 6) is -1.93. The van der Waals surface area contributed by atoms with Crippen molar-refractivity contribution in [2.24, 2.45) is 10.7 Å². The number of benzene rings is 1. The number of nitrogens with two attached hydrogens (primary N) is 1. The fraction of sp³-hybridized carbons (Fsp3) is 0.381. The number of halogens is 4. The van der Waals surface area contributed by atoms with Gasteiger partial charge in [-0.1, -0.05) is 0 Å². The number of pyridine rings is 1. The molecule has 9 nitrogen and oxygen atoms in total. The van der Waals surface area contributed by atoms with Gasteiger partial charge in [0.15, 0.2) is 23.6 Å². The standard InChI is InChI=1S/C21H18F4N4O5/c22-8-20(17-14(3-4-31-17)33-19(26)29-20)11-5-10(1-2-12(11)23)28-18(30)13-6-15-16(7-27-13)34-21(24,25)9-32-15/h1-2,5-7,14,17H,3-4,8-9H2,(H2,26,29)(H,28,30)/t14-,17+,20-/m1/s1. The van der Waals surface area contributed by atoms with Crippen LogP contribution in [0.5, 0.6) is 11.5 Å². The Hall–Kier alpha value is -3.61. The minimum atomic E-state index is -3.51.